The Morgan fingerprint density at radius 2 is 1.93 bits per heavy atom. The summed E-state index contributed by atoms with van der Waals surface area (Å²) in [6.45, 7) is 2.75. The zero-order chi connectivity index (χ0) is 10.9. The van der Waals surface area contributed by atoms with Crippen LogP contribution in [0.25, 0.3) is 0 Å². The fourth-order valence-corrected chi connectivity index (χ4v) is 2.17. The van der Waals surface area contributed by atoms with E-state index in [0.29, 0.717) is 6.10 Å². The van der Waals surface area contributed by atoms with Gasteiger partial charge in [0.1, 0.15) is 0 Å². The van der Waals surface area contributed by atoms with Gasteiger partial charge >= 0.3 is 5.97 Å². The van der Waals surface area contributed by atoms with E-state index in [2.05, 4.69) is 0 Å². The quantitative estimate of drug-likeness (QED) is 0.778. The lowest BCUT2D eigenvalue weighted by atomic mass is 9.75. The number of carboxylic acid groups (broad SMARTS) is 1. The highest BCUT2D eigenvalue weighted by Gasteiger charge is 2.38. The zero-order valence-electron chi connectivity index (χ0n) is 9.37. The summed E-state index contributed by atoms with van der Waals surface area (Å²) in [5, 5.41) is 9.07. The topological polar surface area (TPSA) is 46.5 Å². The third-order valence-electron chi connectivity index (χ3n) is 3.82. The van der Waals surface area contributed by atoms with Gasteiger partial charge in [0.05, 0.1) is 11.5 Å². The van der Waals surface area contributed by atoms with E-state index in [9.17, 15) is 4.79 Å². The Kier molecular flexibility index (Phi) is 3.01. The highest BCUT2D eigenvalue weighted by Crippen LogP contribution is 2.38. The molecule has 86 valence electrons. The third-order valence-corrected chi connectivity index (χ3v) is 3.82. The van der Waals surface area contributed by atoms with Crippen LogP contribution in [0.3, 0.4) is 0 Å². The molecular formula is C12H20O3. The molecular weight excluding hydrogens is 192 g/mol. The first-order chi connectivity index (χ1) is 7.10. The van der Waals surface area contributed by atoms with E-state index in [4.69, 9.17) is 9.84 Å². The van der Waals surface area contributed by atoms with Crippen LogP contribution in [0, 0.1) is 11.3 Å². The number of aliphatic carboxylic acids is 1. The van der Waals surface area contributed by atoms with Crippen molar-refractivity contribution in [3.05, 3.63) is 0 Å². The molecule has 2 fully saturated rings. The summed E-state index contributed by atoms with van der Waals surface area (Å²) in [4.78, 5) is 11.0. The van der Waals surface area contributed by atoms with Gasteiger partial charge in [-0.1, -0.05) is 0 Å². The normalized spacial score (nSPS) is 36.5. The van der Waals surface area contributed by atoms with E-state index in [0.717, 1.165) is 38.2 Å². The Bertz CT molecular complexity index is 237. The van der Waals surface area contributed by atoms with Crippen LogP contribution in [0.4, 0.5) is 0 Å². The average molecular weight is 212 g/mol. The largest absolute Gasteiger partial charge is 0.481 e. The van der Waals surface area contributed by atoms with E-state index in [1.165, 1.54) is 12.8 Å². The summed E-state index contributed by atoms with van der Waals surface area (Å²) in [6, 6.07) is 0. The molecule has 0 amide bonds. The third kappa shape index (κ3) is 2.71. The molecule has 0 atom stereocenters. The van der Waals surface area contributed by atoms with Crippen LogP contribution in [-0.2, 0) is 9.53 Å². The number of hydrogen-bond donors (Lipinski definition) is 1. The zero-order valence-corrected chi connectivity index (χ0v) is 9.37. The summed E-state index contributed by atoms with van der Waals surface area (Å²) in [5.41, 5.74) is -0.501. The number of carbonyl (C=O) groups is 1. The highest BCUT2D eigenvalue weighted by atomic mass is 16.5. The first kappa shape index (κ1) is 10.9. The molecule has 0 aliphatic heterocycles. The minimum atomic E-state index is -0.650. The van der Waals surface area contributed by atoms with Crippen LogP contribution in [-0.4, -0.2) is 23.8 Å². The maximum absolute atomic E-state index is 11.0. The smallest absolute Gasteiger partial charge is 0.309 e. The van der Waals surface area contributed by atoms with Crippen molar-refractivity contribution in [1.82, 2.24) is 0 Å². The van der Waals surface area contributed by atoms with Crippen molar-refractivity contribution >= 4 is 5.97 Å². The fraction of sp³-hybridized carbons (Fsp3) is 0.917. The lowest BCUT2D eigenvalue weighted by Gasteiger charge is -2.33. The molecule has 0 spiro atoms. The lowest BCUT2D eigenvalue weighted by Crippen LogP contribution is -2.35. The Morgan fingerprint density at radius 3 is 2.40 bits per heavy atom. The molecule has 0 aromatic heterocycles. The molecule has 0 radical (unpaired) electrons. The highest BCUT2D eigenvalue weighted by molar-refractivity contribution is 5.74. The van der Waals surface area contributed by atoms with E-state index < -0.39 is 11.4 Å². The molecule has 2 rings (SSSR count). The summed E-state index contributed by atoms with van der Waals surface area (Å²) in [5.74, 6) is 0.154. The maximum atomic E-state index is 11.0. The summed E-state index contributed by atoms with van der Waals surface area (Å²) < 4.78 is 5.79. The van der Waals surface area contributed by atoms with Crippen molar-refractivity contribution < 1.29 is 14.6 Å². The number of rotatable bonds is 4. The Morgan fingerprint density at radius 1 is 1.33 bits per heavy atom. The molecule has 0 aromatic rings. The van der Waals surface area contributed by atoms with Gasteiger partial charge in [-0.2, -0.15) is 0 Å². The molecule has 3 nitrogen and oxygen atoms in total. The second-order valence-electron chi connectivity index (χ2n) is 5.34. The second-order valence-corrected chi connectivity index (χ2v) is 5.34. The molecule has 2 aliphatic rings. The molecule has 0 bridgehead atoms. The molecule has 2 saturated carbocycles. The molecule has 15 heavy (non-hydrogen) atoms. The fourth-order valence-electron chi connectivity index (χ4n) is 2.17. The Labute approximate surface area is 90.8 Å². The Hall–Kier alpha value is -0.570. The summed E-state index contributed by atoms with van der Waals surface area (Å²) >= 11 is 0. The molecule has 3 heteroatoms. The van der Waals surface area contributed by atoms with Crippen LogP contribution < -0.4 is 0 Å². The van der Waals surface area contributed by atoms with Crippen LogP contribution in [0.15, 0.2) is 0 Å². The van der Waals surface area contributed by atoms with Crippen molar-refractivity contribution in [3.8, 4) is 0 Å². The van der Waals surface area contributed by atoms with Gasteiger partial charge in [0.15, 0.2) is 0 Å². The van der Waals surface area contributed by atoms with Crippen LogP contribution in [0.5, 0.6) is 0 Å². The first-order valence-corrected chi connectivity index (χ1v) is 5.95. The van der Waals surface area contributed by atoms with E-state index in [1.54, 1.807) is 0 Å². The second kappa shape index (κ2) is 4.12. The van der Waals surface area contributed by atoms with Crippen LogP contribution >= 0.6 is 0 Å². The average Bonchev–Trinajstić information content (AvgIpc) is 3.00. The minimum absolute atomic E-state index is 0.318. The van der Waals surface area contributed by atoms with E-state index in [-0.39, 0.29) is 0 Å². The lowest BCUT2D eigenvalue weighted by molar-refractivity contribution is -0.151. The number of hydrogen-bond acceptors (Lipinski definition) is 2. The summed E-state index contributed by atoms with van der Waals surface area (Å²) in [7, 11) is 0. The van der Waals surface area contributed by atoms with E-state index >= 15 is 0 Å². The van der Waals surface area contributed by atoms with Crippen molar-refractivity contribution in [3.63, 3.8) is 0 Å². The van der Waals surface area contributed by atoms with Gasteiger partial charge in [0, 0.05) is 6.61 Å². The van der Waals surface area contributed by atoms with Crippen molar-refractivity contribution in [2.24, 2.45) is 11.3 Å². The molecule has 1 N–H and O–H groups in total. The van der Waals surface area contributed by atoms with Crippen molar-refractivity contribution in [2.45, 2.75) is 51.6 Å². The number of ether oxygens (including phenoxy) is 1. The van der Waals surface area contributed by atoms with Gasteiger partial charge in [-0.15, -0.1) is 0 Å². The summed E-state index contributed by atoms with van der Waals surface area (Å²) in [6.07, 6.45) is 6.30. The predicted octanol–water partition coefficient (Wildman–Crippen LogP) is 2.45. The van der Waals surface area contributed by atoms with Gasteiger partial charge < -0.3 is 9.84 Å². The molecule has 0 heterocycles. The number of carboxylic acids is 1. The first-order valence-electron chi connectivity index (χ1n) is 5.95. The minimum Gasteiger partial charge on any atom is -0.481 e. The SMILES string of the molecule is C[C@]1(C(=O)O)CC[C@H](OCC2CC2)CC1. The molecule has 2 aliphatic carbocycles. The molecule has 0 aromatic carbocycles. The molecule has 0 unspecified atom stereocenters. The monoisotopic (exact) mass is 212 g/mol. The van der Waals surface area contributed by atoms with Crippen molar-refractivity contribution in [2.75, 3.05) is 6.61 Å². The van der Waals surface area contributed by atoms with Crippen molar-refractivity contribution in [1.29, 1.82) is 0 Å². The van der Waals surface area contributed by atoms with Gasteiger partial charge in [0.2, 0.25) is 0 Å². The van der Waals surface area contributed by atoms with Gasteiger partial charge in [-0.25, -0.2) is 0 Å². The van der Waals surface area contributed by atoms with Crippen LogP contribution in [0.1, 0.15) is 45.4 Å². The predicted molar refractivity (Wildman–Crippen MR) is 56.7 cm³/mol. The van der Waals surface area contributed by atoms with Crippen LogP contribution in [0.2, 0.25) is 0 Å². The van der Waals surface area contributed by atoms with E-state index in [1.807, 2.05) is 6.92 Å². The molecule has 0 saturated heterocycles. The Balaban J connectivity index is 1.73. The standard InChI is InChI=1S/C12H20O3/c1-12(11(13)14)6-4-10(5-7-12)15-8-9-2-3-9/h9-10H,2-8H2,1H3,(H,13,14)/t10-,12-. The maximum Gasteiger partial charge on any atom is 0.309 e. The van der Waals surface area contributed by atoms with Gasteiger partial charge in [-0.05, 0) is 51.4 Å². The van der Waals surface area contributed by atoms with Gasteiger partial charge in [0.25, 0.3) is 0 Å². The van der Waals surface area contributed by atoms with Gasteiger partial charge in [-0.3, -0.25) is 4.79 Å².